The molecule has 2 bridgehead atoms. The molecule has 60 valence electrons. The normalized spacial score (nSPS) is 41.0. The van der Waals surface area contributed by atoms with Gasteiger partial charge in [-0.05, 0) is 6.42 Å². The zero-order chi connectivity index (χ0) is 7.68. The van der Waals surface area contributed by atoms with Gasteiger partial charge in [-0.2, -0.15) is 0 Å². The van der Waals surface area contributed by atoms with Crippen molar-refractivity contribution >= 4 is 0 Å². The van der Waals surface area contributed by atoms with E-state index in [-0.39, 0.29) is 12.2 Å². The maximum atomic E-state index is 5.16. The smallest absolute Gasteiger partial charge is 0.129 e. The molecule has 0 aromatic rings. The minimum atomic E-state index is 0.0443. The Bertz CT molecular complexity index is 196. The van der Waals surface area contributed by atoms with E-state index in [1.54, 1.807) is 0 Å². The van der Waals surface area contributed by atoms with Gasteiger partial charge >= 0.3 is 0 Å². The molecule has 0 aromatic carbocycles. The van der Waals surface area contributed by atoms with E-state index >= 15 is 0 Å². The van der Waals surface area contributed by atoms with Crippen molar-refractivity contribution in [2.75, 3.05) is 0 Å². The Morgan fingerprint density at radius 1 is 1.09 bits per heavy atom. The molecule has 2 heterocycles. The second-order valence-electron chi connectivity index (χ2n) is 2.96. The van der Waals surface area contributed by atoms with Crippen LogP contribution in [0.3, 0.4) is 0 Å². The van der Waals surface area contributed by atoms with E-state index in [0.717, 1.165) is 6.42 Å². The lowest BCUT2D eigenvalue weighted by atomic mass is 10.00. The molecule has 0 radical (unpaired) electrons. The third kappa shape index (κ3) is 1.24. The number of hydrogen-bond donors (Lipinski definition) is 0. The van der Waals surface area contributed by atoms with Gasteiger partial charge in [-0.3, -0.25) is 0 Å². The molecule has 0 fully saturated rings. The van der Waals surface area contributed by atoms with Crippen LogP contribution in [0.2, 0.25) is 0 Å². The summed E-state index contributed by atoms with van der Waals surface area (Å²) in [6, 6.07) is 0. The van der Waals surface area contributed by atoms with E-state index in [1.807, 2.05) is 6.08 Å². The summed E-state index contributed by atoms with van der Waals surface area (Å²) in [7, 11) is 0. The van der Waals surface area contributed by atoms with Crippen LogP contribution in [0.5, 0.6) is 0 Å². The van der Waals surface area contributed by atoms with E-state index in [0.29, 0.717) is 5.92 Å². The van der Waals surface area contributed by atoms with E-state index in [9.17, 15) is 0 Å². The van der Waals surface area contributed by atoms with Gasteiger partial charge in [-0.15, -0.1) is 0 Å². The Labute approximate surface area is 66.4 Å². The van der Waals surface area contributed by atoms with Crippen LogP contribution in [0.15, 0.2) is 24.3 Å². The first-order valence-corrected chi connectivity index (χ1v) is 4.09. The van der Waals surface area contributed by atoms with Gasteiger partial charge in [0.2, 0.25) is 0 Å². The molecular formula is C9H12O2. The van der Waals surface area contributed by atoms with E-state index in [1.165, 1.54) is 0 Å². The molecule has 11 heavy (non-hydrogen) atoms. The fraction of sp³-hybridized carbons (Fsp3) is 0.556. The van der Waals surface area contributed by atoms with Gasteiger partial charge in [0, 0.05) is 5.92 Å². The summed E-state index contributed by atoms with van der Waals surface area (Å²) in [5.74, 6) is 0.485. The highest BCUT2D eigenvalue weighted by atomic mass is 17.2. The van der Waals surface area contributed by atoms with Crippen LogP contribution in [0, 0.1) is 5.92 Å². The molecule has 3 rings (SSSR count). The molecule has 3 aliphatic rings. The van der Waals surface area contributed by atoms with Crippen LogP contribution >= 0.6 is 0 Å². The molecular weight excluding hydrogens is 140 g/mol. The highest BCUT2D eigenvalue weighted by molar-refractivity contribution is 5.14. The molecule has 0 saturated heterocycles. The van der Waals surface area contributed by atoms with Gasteiger partial charge < -0.3 is 0 Å². The lowest BCUT2D eigenvalue weighted by molar-refractivity contribution is -0.333. The molecule has 3 atom stereocenters. The third-order valence-corrected chi connectivity index (χ3v) is 2.21. The Balaban J connectivity index is 2.21. The second-order valence-corrected chi connectivity index (χ2v) is 2.96. The topological polar surface area (TPSA) is 18.5 Å². The van der Waals surface area contributed by atoms with Gasteiger partial charge in [0.25, 0.3) is 0 Å². The lowest BCUT2D eigenvalue weighted by Crippen LogP contribution is -2.23. The Morgan fingerprint density at radius 2 is 1.91 bits per heavy atom. The van der Waals surface area contributed by atoms with E-state index in [4.69, 9.17) is 9.78 Å². The largest absolute Gasteiger partial charge is 0.228 e. The molecule has 2 heteroatoms. The van der Waals surface area contributed by atoms with E-state index < -0.39 is 0 Å². The highest BCUT2D eigenvalue weighted by Crippen LogP contribution is 2.24. The van der Waals surface area contributed by atoms with Gasteiger partial charge in [0.05, 0.1) is 0 Å². The molecule has 0 spiro atoms. The van der Waals surface area contributed by atoms with Crippen molar-refractivity contribution in [3.05, 3.63) is 24.3 Å². The fourth-order valence-electron chi connectivity index (χ4n) is 1.45. The van der Waals surface area contributed by atoms with Crippen LogP contribution in [0.4, 0.5) is 0 Å². The minimum absolute atomic E-state index is 0.0443. The molecule has 1 aliphatic carbocycles. The lowest BCUT2D eigenvalue weighted by Gasteiger charge is -2.21. The second kappa shape index (κ2) is 2.80. The summed E-state index contributed by atoms with van der Waals surface area (Å²) in [6.45, 7) is 2.16. The third-order valence-electron chi connectivity index (χ3n) is 2.21. The first-order chi connectivity index (χ1) is 5.40. The quantitative estimate of drug-likeness (QED) is 0.421. The SMILES string of the molecule is CCC1C=C[C@@H]2C=C[C@H]1OO2. The highest BCUT2D eigenvalue weighted by Gasteiger charge is 2.25. The van der Waals surface area contributed by atoms with Crippen molar-refractivity contribution in [2.24, 2.45) is 5.92 Å². The summed E-state index contributed by atoms with van der Waals surface area (Å²) in [5, 5.41) is 0. The molecule has 2 aliphatic heterocycles. The first-order valence-electron chi connectivity index (χ1n) is 4.09. The summed E-state index contributed by atoms with van der Waals surface area (Å²) in [5.41, 5.74) is 0. The van der Waals surface area contributed by atoms with Crippen LogP contribution in [-0.2, 0) is 9.78 Å². The summed E-state index contributed by atoms with van der Waals surface area (Å²) in [4.78, 5) is 10.2. The van der Waals surface area contributed by atoms with Gasteiger partial charge in [-0.1, -0.05) is 31.2 Å². The van der Waals surface area contributed by atoms with Gasteiger partial charge in [-0.25, -0.2) is 9.78 Å². The summed E-state index contributed by atoms with van der Waals surface area (Å²) < 4.78 is 0. The zero-order valence-electron chi connectivity index (χ0n) is 6.57. The molecule has 2 nitrogen and oxygen atoms in total. The van der Waals surface area contributed by atoms with Crippen molar-refractivity contribution in [2.45, 2.75) is 25.6 Å². The molecule has 1 unspecified atom stereocenters. The standard InChI is InChI=1S/C9H12O2/c1-2-7-3-4-8-5-6-9(7)11-10-8/h3-9H,2H2,1H3/t7?,8-,9-/m1/s1. The van der Waals surface area contributed by atoms with Crippen LogP contribution < -0.4 is 0 Å². The summed E-state index contributed by atoms with van der Waals surface area (Å²) >= 11 is 0. The van der Waals surface area contributed by atoms with Crippen LogP contribution in [0.25, 0.3) is 0 Å². The summed E-state index contributed by atoms with van der Waals surface area (Å²) in [6.07, 6.45) is 9.64. The number of fused-ring (bicyclic) bond motifs is 2. The molecule has 0 saturated carbocycles. The van der Waals surface area contributed by atoms with Crippen LogP contribution in [0.1, 0.15) is 13.3 Å². The zero-order valence-corrected chi connectivity index (χ0v) is 6.57. The maximum Gasteiger partial charge on any atom is 0.129 e. The van der Waals surface area contributed by atoms with Crippen molar-refractivity contribution in [3.63, 3.8) is 0 Å². The average molecular weight is 152 g/mol. The fourth-order valence-corrected chi connectivity index (χ4v) is 1.45. The minimum Gasteiger partial charge on any atom is -0.228 e. The Hall–Kier alpha value is -0.600. The molecule has 0 aromatic heterocycles. The first kappa shape index (κ1) is 7.07. The number of rotatable bonds is 1. The van der Waals surface area contributed by atoms with E-state index in [2.05, 4.69) is 25.2 Å². The van der Waals surface area contributed by atoms with Crippen molar-refractivity contribution < 1.29 is 9.78 Å². The Morgan fingerprint density at radius 3 is 2.55 bits per heavy atom. The average Bonchev–Trinajstić information content (AvgIpc) is 2.36. The van der Waals surface area contributed by atoms with Crippen molar-refractivity contribution in [3.8, 4) is 0 Å². The predicted octanol–water partition coefficient (Wildman–Crippen LogP) is 1.84. The maximum absolute atomic E-state index is 5.16. The Kier molecular flexibility index (Phi) is 1.80. The van der Waals surface area contributed by atoms with Crippen molar-refractivity contribution in [1.82, 2.24) is 0 Å². The monoisotopic (exact) mass is 152 g/mol. The molecule has 0 amide bonds. The van der Waals surface area contributed by atoms with Crippen molar-refractivity contribution in [1.29, 1.82) is 0 Å². The van der Waals surface area contributed by atoms with Gasteiger partial charge in [0.1, 0.15) is 12.2 Å². The number of hydrogen-bond acceptors (Lipinski definition) is 2. The van der Waals surface area contributed by atoms with Crippen LogP contribution in [-0.4, -0.2) is 12.2 Å². The predicted molar refractivity (Wildman–Crippen MR) is 41.8 cm³/mol. The molecule has 0 N–H and O–H groups in total. The van der Waals surface area contributed by atoms with Gasteiger partial charge in [0.15, 0.2) is 0 Å².